The predicted molar refractivity (Wildman–Crippen MR) is 121 cm³/mol. The highest BCUT2D eigenvalue weighted by atomic mass is 16.5. The monoisotopic (exact) mass is 420 g/mol. The van der Waals surface area contributed by atoms with Crippen LogP contribution in [0, 0.1) is 5.92 Å². The van der Waals surface area contributed by atoms with Gasteiger partial charge in [0.15, 0.2) is 0 Å². The first kappa shape index (κ1) is 20.9. The molecule has 1 amide bonds. The van der Waals surface area contributed by atoms with E-state index in [2.05, 4.69) is 15.5 Å². The smallest absolute Gasteiger partial charge is 0.243 e. The minimum atomic E-state index is -0.0343. The molecule has 162 valence electrons. The van der Waals surface area contributed by atoms with Crippen molar-refractivity contribution in [1.29, 1.82) is 0 Å². The van der Waals surface area contributed by atoms with Crippen LogP contribution in [-0.4, -0.2) is 59.4 Å². The number of hydrogen-bond donors (Lipinski definition) is 3. The zero-order chi connectivity index (χ0) is 21.8. The van der Waals surface area contributed by atoms with Gasteiger partial charge in [-0.15, -0.1) is 0 Å². The highest BCUT2D eigenvalue weighted by molar-refractivity contribution is 5.90. The molecule has 0 bridgehead atoms. The Kier molecular flexibility index (Phi) is 6.23. The maximum absolute atomic E-state index is 12.0. The van der Waals surface area contributed by atoms with E-state index in [1.54, 1.807) is 24.4 Å². The van der Waals surface area contributed by atoms with E-state index in [9.17, 15) is 9.90 Å². The Hall–Kier alpha value is -3.32. The van der Waals surface area contributed by atoms with E-state index in [4.69, 9.17) is 4.74 Å². The maximum Gasteiger partial charge on any atom is 0.243 e. The third-order valence-corrected chi connectivity index (χ3v) is 5.52. The minimum absolute atomic E-state index is 0.0343. The number of H-pyrrole nitrogens is 1. The van der Waals surface area contributed by atoms with E-state index < -0.39 is 0 Å². The second-order valence-electron chi connectivity index (χ2n) is 8.37. The summed E-state index contributed by atoms with van der Waals surface area (Å²) in [5, 5.41) is 20.7. The van der Waals surface area contributed by atoms with Crippen molar-refractivity contribution >= 4 is 16.8 Å². The van der Waals surface area contributed by atoms with Crippen LogP contribution in [0.4, 0.5) is 0 Å². The summed E-state index contributed by atoms with van der Waals surface area (Å²) in [6.07, 6.45) is 7.08. The number of carbonyl (C=O) groups is 1. The van der Waals surface area contributed by atoms with Crippen molar-refractivity contribution in [3.8, 4) is 22.6 Å². The number of phenolic OH excluding ortho intramolecular Hbond substituents is 1. The number of rotatable bonds is 8. The molecule has 7 heteroatoms. The van der Waals surface area contributed by atoms with Crippen molar-refractivity contribution in [2.75, 3.05) is 27.2 Å². The van der Waals surface area contributed by atoms with E-state index in [1.165, 1.54) is 0 Å². The van der Waals surface area contributed by atoms with Crippen LogP contribution in [0.3, 0.4) is 0 Å². The van der Waals surface area contributed by atoms with Gasteiger partial charge < -0.3 is 20.1 Å². The molecule has 0 aliphatic heterocycles. The number of benzene rings is 2. The fraction of sp³-hybridized carbons (Fsp3) is 0.333. The van der Waals surface area contributed by atoms with Crippen LogP contribution >= 0.6 is 0 Å². The average molecular weight is 421 g/mol. The number of aromatic amines is 1. The summed E-state index contributed by atoms with van der Waals surface area (Å²) in [5.41, 5.74) is 2.90. The Morgan fingerprint density at radius 1 is 1.26 bits per heavy atom. The fourth-order valence-corrected chi connectivity index (χ4v) is 3.78. The molecule has 1 aliphatic carbocycles. The number of carbonyl (C=O) groups excluding carboxylic acids is 1. The minimum Gasteiger partial charge on any atom is -0.508 e. The van der Waals surface area contributed by atoms with Crippen LogP contribution in [0.5, 0.6) is 11.5 Å². The fourth-order valence-electron chi connectivity index (χ4n) is 3.78. The largest absolute Gasteiger partial charge is 0.508 e. The number of nitrogens with one attached hydrogen (secondary N) is 2. The lowest BCUT2D eigenvalue weighted by molar-refractivity contribution is -0.118. The van der Waals surface area contributed by atoms with Gasteiger partial charge in [0.2, 0.25) is 5.91 Å². The Bertz CT molecular complexity index is 1070. The first-order valence-electron chi connectivity index (χ1n) is 10.5. The van der Waals surface area contributed by atoms with E-state index in [1.807, 2.05) is 49.3 Å². The summed E-state index contributed by atoms with van der Waals surface area (Å²) in [5.74, 6) is 1.40. The number of nitrogens with zero attached hydrogens (tertiary/aromatic N) is 2. The van der Waals surface area contributed by atoms with E-state index in [-0.39, 0.29) is 17.7 Å². The molecule has 4 rings (SSSR count). The molecular weight excluding hydrogens is 392 g/mol. The SMILES string of the molecule is CN(C)C/C=C/C(=O)N[C@H]1C[C@H](COc2cc(-c3ccc(O)cc3)cc3[nH]ncc23)C1. The molecule has 31 heavy (non-hydrogen) atoms. The Morgan fingerprint density at radius 2 is 2.03 bits per heavy atom. The van der Waals surface area contributed by atoms with Crippen molar-refractivity contribution < 1.29 is 14.6 Å². The van der Waals surface area contributed by atoms with Gasteiger partial charge in [-0.1, -0.05) is 18.2 Å². The summed E-state index contributed by atoms with van der Waals surface area (Å²) >= 11 is 0. The summed E-state index contributed by atoms with van der Waals surface area (Å²) in [4.78, 5) is 14.0. The van der Waals surface area contributed by atoms with Crippen molar-refractivity contribution in [1.82, 2.24) is 20.4 Å². The van der Waals surface area contributed by atoms with E-state index in [0.717, 1.165) is 47.2 Å². The molecule has 0 radical (unpaired) electrons. The number of hydrogen-bond acceptors (Lipinski definition) is 5. The third-order valence-electron chi connectivity index (χ3n) is 5.52. The molecule has 0 spiro atoms. The number of ether oxygens (including phenoxy) is 1. The number of aromatic hydroxyl groups is 1. The normalized spacial score (nSPS) is 18.4. The van der Waals surface area contributed by atoms with Gasteiger partial charge in [-0.05, 0) is 68.2 Å². The zero-order valence-corrected chi connectivity index (χ0v) is 17.8. The van der Waals surface area contributed by atoms with Crippen LogP contribution in [0.15, 0.2) is 54.7 Å². The van der Waals surface area contributed by atoms with Gasteiger partial charge in [0, 0.05) is 18.7 Å². The Labute approximate surface area is 181 Å². The van der Waals surface area contributed by atoms with Gasteiger partial charge in [-0.25, -0.2) is 0 Å². The first-order valence-corrected chi connectivity index (χ1v) is 10.5. The van der Waals surface area contributed by atoms with Gasteiger partial charge in [-0.2, -0.15) is 5.10 Å². The summed E-state index contributed by atoms with van der Waals surface area (Å²) in [6, 6.07) is 11.4. The lowest BCUT2D eigenvalue weighted by atomic mass is 9.81. The van der Waals surface area contributed by atoms with E-state index in [0.29, 0.717) is 12.5 Å². The quantitative estimate of drug-likeness (QED) is 0.487. The van der Waals surface area contributed by atoms with Crippen molar-refractivity contribution in [2.24, 2.45) is 5.92 Å². The second kappa shape index (κ2) is 9.22. The van der Waals surface area contributed by atoms with Gasteiger partial charge in [0.1, 0.15) is 11.5 Å². The molecule has 1 heterocycles. The number of likely N-dealkylation sites (N-methyl/N-ethyl adjacent to an activating group) is 1. The lowest BCUT2D eigenvalue weighted by Crippen LogP contribution is -2.45. The topological polar surface area (TPSA) is 90.5 Å². The summed E-state index contributed by atoms with van der Waals surface area (Å²) in [6.45, 7) is 1.35. The highest BCUT2D eigenvalue weighted by Gasteiger charge is 2.30. The van der Waals surface area contributed by atoms with Crippen LogP contribution < -0.4 is 10.1 Å². The lowest BCUT2D eigenvalue weighted by Gasteiger charge is -2.35. The number of fused-ring (bicyclic) bond motifs is 1. The molecular formula is C24H28N4O3. The molecule has 3 aromatic rings. The molecule has 1 aromatic heterocycles. The molecule has 2 aromatic carbocycles. The molecule has 0 atom stereocenters. The van der Waals surface area contributed by atoms with Crippen LogP contribution in [-0.2, 0) is 4.79 Å². The van der Waals surface area contributed by atoms with Crippen molar-refractivity contribution in [3.05, 3.63) is 54.7 Å². The summed E-state index contributed by atoms with van der Waals surface area (Å²) in [7, 11) is 3.94. The maximum atomic E-state index is 12.0. The Balaban J connectivity index is 1.34. The van der Waals surface area contributed by atoms with Gasteiger partial charge >= 0.3 is 0 Å². The first-order chi connectivity index (χ1) is 15.0. The van der Waals surface area contributed by atoms with Gasteiger partial charge in [-0.3, -0.25) is 9.89 Å². The zero-order valence-electron chi connectivity index (χ0n) is 17.8. The molecule has 0 saturated heterocycles. The Morgan fingerprint density at radius 3 is 2.77 bits per heavy atom. The highest BCUT2D eigenvalue weighted by Crippen LogP contribution is 2.34. The number of aromatic nitrogens is 2. The van der Waals surface area contributed by atoms with Gasteiger partial charge in [0.05, 0.1) is 23.7 Å². The summed E-state index contributed by atoms with van der Waals surface area (Å²) < 4.78 is 6.17. The molecule has 1 aliphatic rings. The number of phenols is 1. The van der Waals surface area contributed by atoms with Crippen LogP contribution in [0.1, 0.15) is 12.8 Å². The van der Waals surface area contributed by atoms with Crippen LogP contribution in [0.25, 0.3) is 22.0 Å². The molecule has 3 N–H and O–H groups in total. The second-order valence-corrected chi connectivity index (χ2v) is 8.37. The molecule has 1 fully saturated rings. The van der Waals surface area contributed by atoms with Crippen molar-refractivity contribution in [2.45, 2.75) is 18.9 Å². The molecule has 0 unspecified atom stereocenters. The number of amides is 1. The molecule has 7 nitrogen and oxygen atoms in total. The van der Waals surface area contributed by atoms with E-state index >= 15 is 0 Å². The standard InChI is InChI=1S/C24H28N4O3/c1-28(2)9-3-4-24(30)26-19-10-16(11-19)15-31-23-13-18(12-22-21(23)14-25-27-22)17-5-7-20(29)8-6-17/h3-8,12-14,16,19,29H,9-11,15H2,1-2H3,(H,25,27)(H,26,30)/b4-3+/t16-,19-. The third kappa shape index (κ3) is 5.24. The van der Waals surface area contributed by atoms with Gasteiger partial charge in [0.25, 0.3) is 0 Å². The predicted octanol–water partition coefficient (Wildman–Crippen LogP) is 3.33. The van der Waals surface area contributed by atoms with Crippen molar-refractivity contribution in [3.63, 3.8) is 0 Å². The molecule has 1 saturated carbocycles. The van der Waals surface area contributed by atoms with Crippen LogP contribution in [0.2, 0.25) is 0 Å². The average Bonchev–Trinajstić information content (AvgIpc) is 3.18.